The Kier molecular flexibility index (Phi) is 18.0. The Morgan fingerprint density at radius 1 is 0.958 bits per heavy atom. The van der Waals surface area contributed by atoms with E-state index in [2.05, 4.69) is 29.0 Å². The van der Waals surface area contributed by atoms with Crippen LogP contribution >= 0.6 is 22.9 Å². The van der Waals surface area contributed by atoms with Crippen molar-refractivity contribution < 1.29 is 40.6 Å². The van der Waals surface area contributed by atoms with Crippen molar-refractivity contribution in [3.63, 3.8) is 0 Å². The molecule has 1 aromatic heterocycles. The molecule has 0 saturated carbocycles. The number of thiazole rings is 1. The van der Waals surface area contributed by atoms with Gasteiger partial charge >= 0.3 is 4.87 Å². The lowest BCUT2D eigenvalue weighted by Gasteiger charge is -2.27. The Bertz CT molecular complexity index is 1680. The average Bonchev–Trinajstić information content (AvgIpc) is 3.42. The molecule has 270 valence electrons. The second kappa shape index (κ2) is 20.8. The Labute approximate surface area is 290 Å². The van der Waals surface area contributed by atoms with Crippen molar-refractivity contribution in [3.8, 4) is 5.75 Å². The topological polar surface area (TPSA) is 207 Å². The van der Waals surface area contributed by atoms with E-state index in [9.17, 15) is 31.5 Å². The van der Waals surface area contributed by atoms with Gasteiger partial charge in [-0.1, -0.05) is 55.0 Å². The van der Waals surface area contributed by atoms with E-state index in [1.165, 1.54) is 0 Å². The number of nitrogens with one attached hydrogen (secondary N) is 2. The lowest BCUT2D eigenvalue weighted by Crippen LogP contribution is -2.42. The van der Waals surface area contributed by atoms with Gasteiger partial charge in [0.15, 0.2) is 0 Å². The molecule has 3 aromatic rings. The molecule has 0 atom stereocenters. The molecule has 48 heavy (non-hydrogen) atoms. The van der Waals surface area contributed by atoms with Gasteiger partial charge in [-0.15, -0.1) is 0 Å². The number of hydrogen-bond acceptors (Lipinski definition) is 11. The number of phenolic OH excluding ortho intramolecular Hbond substituents is 1. The number of nitrogens with zero attached hydrogens (tertiary/aromatic N) is 2. The standard InChI is InChI=1S/C28H39ClN4O4S.C2H6O6S2/c1-3-32(4-2)16-17-33(25(35)12-19-37-18-11-21-6-5-7-23(29)20-21)15-14-30-13-10-22-8-9-24(34)26-27(22)38-28(36)31-26;3-9(4,5)1-2-10(6,7)8/h5-9,20,30,34H,3-4,10-19H2,1-2H3,(H,31,36);1-2H2,(H,3,4,5)(H,6,7,8). The van der Waals surface area contributed by atoms with Crippen molar-refractivity contribution in [1.29, 1.82) is 0 Å². The molecule has 0 unspecified atom stereocenters. The van der Waals surface area contributed by atoms with E-state index in [0.29, 0.717) is 56.4 Å². The lowest BCUT2D eigenvalue weighted by molar-refractivity contribution is -0.132. The molecule has 5 N–H and O–H groups in total. The fraction of sp³-hybridized carbons (Fsp3) is 0.533. The number of H-pyrrole nitrogens is 1. The van der Waals surface area contributed by atoms with Gasteiger partial charge in [0, 0.05) is 31.2 Å². The number of benzene rings is 2. The van der Waals surface area contributed by atoms with Crippen molar-refractivity contribution in [1.82, 2.24) is 20.1 Å². The van der Waals surface area contributed by atoms with Gasteiger partial charge in [-0.2, -0.15) is 16.8 Å². The molecule has 0 aliphatic heterocycles. The summed E-state index contributed by atoms with van der Waals surface area (Å²) in [6.07, 6.45) is 1.83. The van der Waals surface area contributed by atoms with Crippen LogP contribution in [0.2, 0.25) is 5.02 Å². The van der Waals surface area contributed by atoms with Crippen LogP contribution in [0.5, 0.6) is 5.75 Å². The Morgan fingerprint density at radius 3 is 2.27 bits per heavy atom. The lowest BCUT2D eigenvalue weighted by atomic mass is 10.1. The second-order valence-electron chi connectivity index (χ2n) is 10.7. The van der Waals surface area contributed by atoms with Crippen molar-refractivity contribution >= 4 is 59.3 Å². The number of aromatic hydroxyl groups is 1. The Balaban J connectivity index is 0.000000692. The van der Waals surface area contributed by atoms with Gasteiger partial charge in [0.1, 0.15) is 11.3 Å². The summed E-state index contributed by atoms with van der Waals surface area (Å²) in [6, 6.07) is 11.2. The summed E-state index contributed by atoms with van der Waals surface area (Å²) in [5.41, 5.74) is 2.63. The molecule has 0 bridgehead atoms. The van der Waals surface area contributed by atoms with E-state index in [-0.39, 0.29) is 16.5 Å². The molecule has 0 spiro atoms. The summed E-state index contributed by atoms with van der Waals surface area (Å²) in [4.78, 5) is 31.5. The van der Waals surface area contributed by atoms with Crippen molar-refractivity contribution in [2.45, 2.75) is 33.1 Å². The van der Waals surface area contributed by atoms with Crippen LogP contribution in [-0.4, -0.2) is 122 Å². The highest BCUT2D eigenvalue weighted by molar-refractivity contribution is 7.89. The first-order valence-corrected chi connectivity index (χ1v) is 19.8. The first-order valence-electron chi connectivity index (χ1n) is 15.4. The van der Waals surface area contributed by atoms with Crippen LogP contribution in [0.3, 0.4) is 0 Å². The maximum absolute atomic E-state index is 13.0. The molecular formula is C30H45ClN4O10S3. The number of phenols is 1. The summed E-state index contributed by atoms with van der Waals surface area (Å²) in [5.74, 6) is -1.78. The molecular weight excluding hydrogens is 708 g/mol. The van der Waals surface area contributed by atoms with Crippen LogP contribution in [0, 0.1) is 0 Å². The first kappa shape index (κ1) is 41.6. The number of fused-ring (bicyclic) bond motifs is 1. The molecule has 0 aliphatic carbocycles. The smallest absolute Gasteiger partial charge is 0.305 e. The van der Waals surface area contributed by atoms with E-state index in [1.807, 2.05) is 35.2 Å². The van der Waals surface area contributed by atoms with Crippen LogP contribution in [-0.2, 0) is 42.6 Å². The number of carbonyl (C=O) groups excluding carboxylic acids is 1. The number of amides is 1. The minimum atomic E-state index is -4.30. The largest absolute Gasteiger partial charge is 0.506 e. The highest BCUT2D eigenvalue weighted by Crippen LogP contribution is 2.27. The van der Waals surface area contributed by atoms with E-state index in [4.69, 9.17) is 25.4 Å². The third-order valence-corrected chi connectivity index (χ3v) is 10.1. The number of aromatic nitrogens is 1. The van der Waals surface area contributed by atoms with Gasteiger partial charge in [-0.3, -0.25) is 18.7 Å². The third-order valence-electron chi connectivity index (χ3n) is 7.19. The van der Waals surface area contributed by atoms with Gasteiger partial charge in [0.05, 0.1) is 35.8 Å². The van der Waals surface area contributed by atoms with Gasteiger partial charge < -0.3 is 29.9 Å². The van der Waals surface area contributed by atoms with Crippen molar-refractivity contribution in [3.05, 3.63) is 62.2 Å². The zero-order valence-corrected chi connectivity index (χ0v) is 30.3. The molecule has 0 radical (unpaired) electrons. The monoisotopic (exact) mass is 752 g/mol. The van der Waals surface area contributed by atoms with Crippen LogP contribution in [0.15, 0.2) is 41.2 Å². The molecule has 0 aliphatic rings. The highest BCUT2D eigenvalue weighted by Gasteiger charge is 2.15. The number of ether oxygens (including phenoxy) is 1. The zero-order chi connectivity index (χ0) is 35.7. The normalized spacial score (nSPS) is 11.9. The molecule has 3 rings (SSSR count). The molecule has 1 amide bonds. The van der Waals surface area contributed by atoms with E-state index < -0.39 is 31.7 Å². The fourth-order valence-electron chi connectivity index (χ4n) is 4.51. The molecule has 1 heterocycles. The maximum Gasteiger partial charge on any atom is 0.305 e. The number of carbonyl (C=O) groups is 1. The number of aromatic amines is 1. The van der Waals surface area contributed by atoms with Crippen molar-refractivity contribution in [2.24, 2.45) is 0 Å². The minimum absolute atomic E-state index is 0.0888. The summed E-state index contributed by atoms with van der Waals surface area (Å²) < 4.78 is 61.9. The van der Waals surface area contributed by atoms with Gasteiger partial charge in [-0.05, 0) is 61.8 Å². The average molecular weight is 753 g/mol. The zero-order valence-electron chi connectivity index (χ0n) is 27.1. The summed E-state index contributed by atoms with van der Waals surface area (Å²) in [5, 5.41) is 14.1. The molecule has 18 heteroatoms. The molecule has 14 nitrogen and oxygen atoms in total. The Morgan fingerprint density at radius 2 is 1.65 bits per heavy atom. The van der Waals surface area contributed by atoms with Gasteiger partial charge in [0.25, 0.3) is 20.2 Å². The number of hydrogen-bond donors (Lipinski definition) is 5. The van der Waals surface area contributed by atoms with Crippen molar-refractivity contribution in [2.75, 3.05) is 70.5 Å². The fourth-order valence-corrected chi connectivity index (χ4v) is 7.30. The maximum atomic E-state index is 13.0. The minimum Gasteiger partial charge on any atom is -0.506 e. The Hall–Kier alpha value is -2.61. The van der Waals surface area contributed by atoms with E-state index in [1.54, 1.807) is 6.07 Å². The second-order valence-corrected chi connectivity index (χ2v) is 15.2. The predicted octanol–water partition coefficient (Wildman–Crippen LogP) is 2.66. The quantitative estimate of drug-likeness (QED) is 0.0835. The third kappa shape index (κ3) is 16.7. The van der Waals surface area contributed by atoms with E-state index >= 15 is 0 Å². The molecule has 0 fully saturated rings. The van der Waals surface area contributed by atoms with Crippen LogP contribution in [0.1, 0.15) is 31.4 Å². The first-order chi connectivity index (χ1) is 22.6. The summed E-state index contributed by atoms with van der Waals surface area (Å²) in [7, 11) is -8.59. The van der Waals surface area contributed by atoms with Crippen LogP contribution in [0.4, 0.5) is 0 Å². The summed E-state index contributed by atoms with van der Waals surface area (Å²) in [6.45, 7) is 10.6. The van der Waals surface area contributed by atoms with E-state index in [0.717, 1.165) is 59.6 Å². The summed E-state index contributed by atoms with van der Waals surface area (Å²) >= 11 is 7.15. The van der Waals surface area contributed by atoms with Crippen LogP contribution in [0.25, 0.3) is 10.2 Å². The highest BCUT2D eigenvalue weighted by atomic mass is 35.5. The SMILES string of the molecule is CCN(CC)CCN(CCNCCc1ccc(O)c2[nH]c(=O)sc12)C(=O)CCOCCc1cccc(Cl)c1.O=S(=O)(O)CCS(=O)(=O)O. The van der Waals surface area contributed by atoms with Crippen LogP contribution < -0.4 is 10.2 Å². The predicted molar refractivity (Wildman–Crippen MR) is 188 cm³/mol. The number of likely N-dealkylation sites (N-methyl/N-ethyl adjacent to an activating group) is 1. The van der Waals surface area contributed by atoms with Gasteiger partial charge in [-0.25, -0.2) is 0 Å². The molecule has 0 saturated heterocycles. The van der Waals surface area contributed by atoms with Gasteiger partial charge in [0.2, 0.25) is 5.91 Å². The number of halogens is 1. The number of rotatable bonds is 20. The molecule has 2 aromatic carbocycles.